The maximum atomic E-state index is 13.1. The molecule has 0 saturated carbocycles. The second-order valence-corrected chi connectivity index (χ2v) is 4.84. The molecule has 90 valence electrons. The molecule has 3 nitrogen and oxygen atoms in total. The van der Waals surface area contributed by atoms with Gasteiger partial charge in [-0.05, 0) is 40.0 Å². The van der Waals surface area contributed by atoms with E-state index >= 15 is 0 Å². The van der Waals surface area contributed by atoms with Gasteiger partial charge in [0.25, 0.3) is 0 Å². The zero-order chi connectivity index (χ0) is 12.4. The van der Waals surface area contributed by atoms with Gasteiger partial charge in [-0.2, -0.15) is 0 Å². The Hall–Kier alpha value is -1.20. The lowest BCUT2D eigenvalue weighted by molar-refractivity contribution is 0.616. The van der Waals surface area contributed by atoms with Crippen LogP contribution >= 0.6 is 15.9 Å². The number of benzene rings is 1. The second-order valence-electron chi connectivity index (χ2n) is 3.99. The summed E-state index contributed by atoms with van der Waals surface area (Å²) in [6.45, 7) is 0. The quantitative estimate of drug-likeness (QED) is 0.946. The maximum absolute atomic E-state index is 13.1. The predicted octanol–water partition coefficient (Wildman–Crippen LogP) is 2.56. The van der Waals surface area contributed by atoms with Crippen molar-refractivity contribution in [2.45, 2.75) is 12.5 Å². The third kappa shape index (κ3) is 2.73. The van der Waals surface area contributed by atoms with E-state index in [0.717, 1.165) is 11.3 Å². The first-order chi connectivity index (χ1) is 8.08. The molecule has 0 spiro atoms. The van der Waals surface area contributed by atoms with Gasteiger partial charge in [0.2, 0.25) is 0 Å². The largest absolute Gasteiger partial charge is 0.336 e. The van der Waals surface area contributed by atoms with Gasteiger partial charge < -0.3 is 10.3 Å². The first-order valence-electron chi connectivity index (χ1n) is 5.23. The van der Waals surface area contributed by atoms with Gasteiger partial charge in [-0.25, -0.2) is 9.37 Å². The minimum atomic E-state index is -0.261. The highest BCUT2D eigenvalue weighted by molar-refractivity contribution is 9.10. The normalized spacial score (nSPS) is 12.7. The number of imidazole rings is 1. The van der Waals surface area contributed by atoms with Gasteiger partial charge >= 0.3 is 0 Å². The fraction of sp³-hybridized carbons (Fsp3) is 0.250. The smallest absolute Gasteiger partial charge is 0.137 e. The van der Waals surface area contributed by atoms with Crippen LogP contribution in [0, 0.1) is 5.82 Å². The molecule has 0 aliphatic heterocycles. The molecular formula is C12H13BrFN3. The zero-order valence-electron chi connectivity index (χ0n) is 9.40. The molecule has 0 radical (unpaired) electrons. The van der Waals surface area contributed by atoms with Crippen LogP contribution in [-0.4, -0.2) is 9.55 Å². The number of hydrogen-bond donors (Lipinski definition) is 1. The van der Waals surface area contributed by atoms with E-state index < -0.39 is 0 Å². The second kappa shape index (κ2) is 4.98. The van der Waals surface area contributed by atoms with E-state index in [9.17, 15) is 4.39 Å². The molecule has 0 amide bonds. The molecular weight excluding hydrogens is 285 g/mol. The van der Waals surface area contributed by atoms with Gasteiger partial charge in [-0.3, -0.25) is 0 Å². The van der Waals surface area contributed by atoms with Crippen LogP contribution < -0.4 is 5.73 Å². The highest BCUT2D eigenvalue weighted by Gasteiger charge is 2.11. The zero-order valence-corrected chi connectivity index (χ0v) is 11.0. The lowest BCUT2D eigenvalue weighted by Crippen LogP contribution is -2.16. The van der Waals surface area contributed by atoms with Gasteiger partial charge in [0.15, 0.2) is 0 Å². The average Bonchev–Trinajstić information content (AvgIpc) is 2.70. The number of nitrogens with zero attached hydrogens (tertiary/aromatic N) is 2. The van der Waals surface area contributed by atoms with Crippen LogP contribution in [0.25, 0.3) is 0 Å². The van der Waals surface area contributed by atoms with Crippen LogP contribution in [0.5, 0.6) is 0 Å². The molecule has 0 aliphatic rings. The van der Waals surface area contributed by atoms with Crippen molar-refractivity contribution in [2.24, 2.45) is 12.8 Å². The van der Waals surface area contributed by atoms with Crippen LogP contribution in [-0.2, 0) is 13.5 Å². The molecule has 1 heterocycles. The van der Waals surface area contributed by atoms with Crippen LogP contribution in [0.4, 0.5) is 4.39 Å². The maximum Gasteiger partial charge on any atom is 0.137 e. The highest BCUT2D eigenvalue weighted by atomic mass is 79.9. The molecule has 2 rings (SSSR count). The number of aromatic nitrogens is 2. The Balaban J connectivity index is 2.16. The fourth-order valence-electron chi connectivity index (χ4n) is 1.75. The van der Waals surface area contributed by atoms with Crippen LogP contribution in [0.15, 0.2) is 35.2 Å². The molecule has 0 saturated heterocycles. The Morgan fingerprint density at radius 1 is 1.53 bits per heavy atom. The lowest BCUT2D eigenvalue weighted by Gasteiger charge is -2.12. The van der Waals surface area contributed by atoms with E-state index in [2.05, 4.69) is 20.9 Å². The van der Waals surface area contributed by atoms with Crippen molar-refractivity contribution in [3.05, 3.63) is 52.3 Å². The summed E-state index contributed by atoms with van der Waals surface area (Å²) in [5, 5.41) is 0. The van der Waals surface area contributed by atoms with Crippen LogP contribution in [0.3, 0.4) is 0 Å². The number of rotatable bonds is 3. The van der Waals surface area contributed by atoms with Crippen molar-refractivity contribution in [2.75, 3.05) is 0 Å². The Morgan fingerprint density at radius 2 is 2.29 bits per heavy atom. The van der Waals surface area contributed by atoms with Crippen molar-refractivity contribution < 1.29 is 4.39 Å². The van der Waals surface area contributed by atoms with E-state index in [1.54, 1.807) is 24.7 Å². The van der Waals surface area contributed by atoms with Gasteiger partial charge in [-0.1, -0.05) is 6.07 Å². The Morgan fingerprint density at radius 3 is 2.88 bits per heavy atom. The Bertz CT molecular complexity index is 524. The molecule has 1 aromatic heterocycles. The molecule has 2 aromatic rings. The summed E-state index contributed by atoms with van der Waals surface area (Å²) in [4.78, 5) is 4.03. The molecule has 0 aliphatic carbocycles. The molecule has 5 heteroatoms. The number of hydrogen-bond acceptors (Lipinski definition) is 2. The minimum Gasteiger partial charge on any atom is -0.336 e. The number of halogens is 2. The molecule has 1 atom stereocenters. The monoisotopic (exact) mass is 297 g/mol. The first-order valence-corrected chi connectivity index (χ1v) is 6.03. The van der Waals surface area contributed by atoms with Crippen molar-refractivity contribution in [3.8, 4) is 0 Å². The lowest BCUT2D eigenvalue weighted by atomic mass is 10.0. The highest BCUT2D eigenvalue weighted by Crippen LogP contribution is 2.20. The molecule has 0 fully saturated rings. The Labute approximate surface area is 108 Å². The summed E-state index contributed by atoms with van der Waals surface area (Å²) in [6.07, 6.45) is 4.12. The summed E-state index contributed by atoms with van der Waals surface area (Å²) in [7, 11) is 1.91. The van der Waals surface area contributed by atoms with Crippen molar-refractivity contribution in [1.29, 1.82) is 0 Å². The SMILES string of the molecule is Cn1cncc1C(N)Cc1ccc(F)c(Br)c1. The summed E-state index contributed by atoms with van der Waals surface area (Å²) in [6, 6.07) is 4.80. The molecule has 0 bridgehead atoms. The van der Waals surface area contributed by atoms with Gasteiger partial charge in [0, 0.05) is 13.2 Å². The molecule has 17 heavy (non-hydrogen) atoms. The third-order valence-electron chi connectivity index (χ3n) is 2.67. The van der Waals surface area contributed by atoms with Crippen molar-refractivity contribution in [3.63, 3.8) is 0 Å². The van der Waals surface area contributed by atoms with Gasteiger partial charge in [-0.15, -0.1) is 0 Å². The standard InChI is InChI=1S/C12H13BrFN3/c1-17-7-16-6-12(17)11(15)5-8-2-3-10(14)9(13)4-8/h2-4,6-7,11H,5,15H2,1H3. The number of nitrogens with two attached hydrogens (primary N) is 1. The number of aryl methyl sites for hydroxylation is 1. The van der Waals surface area contributed by atoms with Crippen molar-refractivity contribution >= 4 is 15.9 Å². The van der Waals surface area contributed by atoms with E-state index in [1.165, 1.54) is 6.07 Å². The average molecular weight is 298 g/mol. The van der Waals surface area contributed by atoms with Gasteiger partial charge in [0.1, 0.15) is 5.82 Å². The van der Waals surface area contributed by atoms with E-state index in [0.29, 0.717) is 10.9 Å². The van der Waals surface area contributed by atoms with E-state index in [4.69, 9.17) is 5.73 Å². The Kier molecular flexibility index (Phi) is 3.59. The summed E-state index contributed by atoms with van der Waals surface area (Å²) in [5.41, 5.74) is 8.05. The van der Waals surface area contributed by atoms with Crippen LogP contribution in [0.1, 0.15) is 17.3 Å². The van der Waals surface area contributed by atoms with Crippen LogP contribution in [0.2, 0.25) is 0 Å². The molecule has 1 unspecified atom stereocenters. The molecule has 1 aromatic carbocycles. The topological polar surface area (TPSA) is 43.8 Å². The summed E-state index contributed by atoms with van der Waals surface area (Å²) in [5.74, 6) is -0.261. The third-order valence-corrected chi connectivity index (χ3v) is 3.28. The molecule has 2 N–H and O–H groups in total. The minimum absolute atomic E-state index is 0.139. The summed E-state index contributed by atoms with van der Waals surface area (Å²) < 4.78 is 15.4. The first kappa shape index (κ1) is 12.3. The fourth-order valence-corrected chi connectivity index (χ4v) is 2.18. The summed E-state index contributed by atoms with van der Waals surface area (Å²) >= 11 is 3.17. The van der Waals surface area contributed by atoms with E-state index in [-0.39, 0.29) is 11.9 Å². The predicted molar refractivity (Wildman–Crippen MR) is 67.9 cm³/mol. The van der Waals surface area contributed by atoms with E-state index in [1.807, 2.05) is 11.6 Å². The van der Waals surface area contributed by atoms with Gasteiger partial charge in [0.05, 0.1) is 22.5 Å². The van der Waals surface area contributed by atoms with Crippen molar-refractivity contribution in [1.82, 2.24) is 9.55 Å².